The molecule has 22 nitrogen and oxygen atoms in total. The van der Waals surface area contributed by atoms with Gasteiger partial charge in [0, 0.05) is 39.0 Å². The average molecular weight is 1090 g/mol. The summed E-state index contributed by atoms with van der Waals surface area (Å²) in [4.78, 5) is 144. The molecule has 2 aromatic carbocycles. The van der Waals surface area contributed by atoms with E-state index in [-0.39, 0.29) is 84.2 Å². The maximum atomic E-state index is 14.9. The third kappa shape index (κ3) is 16.9. The van der Waals surface area contributed by atoms with Gasteiger partial charge in [-0.1, -0.05) is 60.7 Å². The van der Waals surface area contributed by atoms with Gasteiger partial charge in [0.25, 0.3) is 0 Å². The van der Waals surface area contributed by atoms with Gasteiger partial charge in [-0.2, -0.15) is 0 Å². The maximum absolute atomic E-state index is 14.9. The first-order valence-corrected chi connectivity index (χ1v) is 27.4. The van der Waals surface area contributed by atoms with Gasteiger partial charge in [0.15, 0.2) is 0 Å². The van der Waals surface area contributed by atoms with Crippen molar-refractivity contribution in [3.05, 3.63) is 71.8 Å². The predicted octanol–water partition coefficient (Wildman–Crippen LogP) is 3.16. The third-order valence-corrected chi connectivity index (χ3v) is 14.4. The lowest BCUT2D eigenvalue weighted by Gasteiger charge is -2.34. The van der Waals surface area contributed by atoms with Crippen molar-refractivity contribution in [2.75, 3.05) is 39.8 Å². The Morgan fingerprint density at radius 2 is 1.01 bits per heavy atom. The van der Waals surface area contributed by atoms with Gasteiger partial charge >= 0.3 is 24.0 Å². The molecule has 0 unspecified atom stereocenters. The zero-order valence-electron chi connectivity index (χ0n) is 45.5. The lowest BCUT2D eigenvalue weighted by Crippen LogP contribution is -2.59. The molecule has 0 aliphatic carbocycles. The van der Waals surface area contributed by atoms with E-state index in [1.807, 2.05) is 12.1 Å². The standard InChI is InChI=1S/C56H78N8O14/c1-56(2,3)78-55(74)64-34-16-25-45(64)53(72)62-32-14-23-43(62)50(69)59-40(27-29-47(66)77-36-38-19-9-6-10-20-38)51(70)63-33-15-24-44(63)52(71)61-31-13-22-42(61)49(68)58-39(26-28-46(65)76-35-37-17-7-5-8-18-37)48(67)60-41(54(73)75-4)21-11-12-30-57/h5-10,17-20,39-45H,11-16,21-36,57H2,1-4H3,(H,58,68)(H,59,69)(H,60,67)/t39-,40-,41-,42-,43-,44-,45-/m0/s1. The smallest absolute Gasteiger partial charge is 0.410 e. The van der Waals surface area contributed by atoms with E-state index in [1.54, 1.807) is 69.3 Å². The van der Waals surface area contributed by atoms with Crippen LogP contribution in [0.25, 0.3) is 0 Å². The van der Waals surface area contributed by atoms with E-state index in [1.165, 1.54) is 26.7 Å². The monoisotopic (exact) mass is 1090 g/mol. The number of esters is 3. The van der Waals surface area contributed by atoms with E-state index in [0.717, 1.165) is 11.1 Å². The minimum Gasteiger partial charge on any atom is -0.467 e. The zero-order valence-corrected chi connectivity index (χ0v) is 45.5. The molecule has 6 rings (SSSR count). The van der Waals surface area contributed by atoms with E-state index in [0.29, 0.717) is 58.0 Å². The number of nitrogens with zero attached hydrogens (tertiary/aromatic N) is 4. The highest BCUT2D eigenvalue weighted by Gasteiger charge is 2.47. The van der Waals surface area contributed by atoms with Crippen LogP contribution in [-0.4, -0.2) is 167 Å². The number of ether oxygens (including phenoxy) is 4. The maximum Gasteiger partial charge on any atom is 0.410 e. The molecule has 4 saturated heterocycles. The summed E-state index contributed by atoms with van der Waals surface area (Å²) in [5.74, 6) is -5.61. The molecule has 5 N–H and O–H groups in total. The van der Waals surface area contributed by atoms with Crippen molar-refractivity contribution in [3.8, 4) is 0 Å². The van der Waals surface area contributed by atoms with E-state index < -0.39 is 107 Å². The quantitative estimate of drug-likeness (QED) is 0.0668. The first kappa shape index (κ1) is 60.1. The minimum absolute atomic E-state index is 0.0130. The number of benzene rings is 2. The molecule has 0 spiro atoms. The first-order chi connectivity index (χ1) is 37.4. The number of rotatable bonds is 24. The number of hydrogen-bond acceptors (Lipinski definition) is 15. The molecule has 0 saturated carbocycles. The lowest BCUT2D eigenvalue weighted by atomic mass is 10.1. The van der Waals surface area contributed by atoms with Gasteiger partial charge in [0.1, 0.15) is 61.1 Å². The molecule has 7 amide bonds. The Hall–Kier alpha value is -7.10. The Balaban J connectivity index is 1.16. The van der Waals surface area contributed by atoms with Gasteiger partial charge < -0.3 is 55.3 Å². The van der Waals surface area contributed by atoms with Crippen molar-refractivity contribution in [1.29, 1.82) is 0 Å². The fraction of sp³-hybridized carbons (Fsp3) is 0.607. The summed E-state index contributed by atoms with van der Waals surface area (Å²) in [6.07, 6.45) is 2.65. The topological polar surface area (TPSA) is 283 Å². The summed E-state index contributed by atoms with van der Waals surface area (Å²) in [6, 6.07) is 10.3. The molecular formula is C56H78N8O14. The number of methoxy groups -OCH3 is 1. The summed E-state index contributed by atoms with van der Waals surface area (Å²) in [5, 5.41) is 8.24. The number of likely N-dealkylation sites (tertiary alicyclic amines) is 4. The number of nitrogens with two attached hydrogens (primary N) is 1. The fourth-order valence-corrected chi connectivity index (χ4v) is 10.4. The first-order valence-electron chi connectivity index (χ1n) is 27.4. The van der Waals surface area contributed by atoms with Gasteiger partial charge in [-0.05, 0) is 122 Å². The third-order valence-electron chi connectivity index (χ3n) is 14.4. The minimum atomic E-state index is -1.34. The molecule has 0 radical (unpaired) electrons. The van der Waals surface area contributed by atoms with Crippen molar-refractivity contribution in [3.63, 3.8) is 0 Å². The van der Waals surface area contributed by atoms with Gasteiger partial charge in [-0.25, -0.2) is 9.59 Å². The molecular weight excluding hydrogens is 1010 g/mol. The second-order valence-corrected chi connectivity index (χ2v) is 21.3. The van der Waals surface area contributed by atoms with Gasteiger partial charge in [0.2, 0.25) is 35.4 Å². The van der Waals surface area contributed by atoms with Crippen LogP contribution in [0.5, 0.6) is 0 Å². The Bertz CT molecular complexity index is 2420. The SMILES string of the molecule is COC(=O)[C@H](CCCCN)NC(=O)[C@H](CCC(=O)OCc1ccccc1)NC(=O)[C@@H]1CCCN1C(=O)[C@@H]1CCCN1C(=O)[C@H](CCC(=O)OCc1ccccc1)NC(=O)[C@@H]1CCCN1C(=O)[C@@H]1CCCN1C(=O)OC(C)(C)C. The molecule has 4 aliphatic rings. The van der Waals surface area contributed by atoms with Crippen molar-refractivity contribution < 1.29 is 66.9 Å². The van der Waals surface area contributed by atoms with Crippen LogP contribution in [-0.2, 0) is 75.3 Å². The molecule has 2 aromatic rings. The predicted molar refractivity (Wildman–Crippen MR) is 282 cm³/mol. The molecule has 4 fully saturated rings. The van der Waals surface area contributed by atoms with Crippen molar-refractivity contribution >= 4 is 59.4 Å². The van der Waals surface area contributed by atoms with Crippen molar-refractivity contribution in [2.24, 2.45) is 5.73 Å². The summed E-state index contributed by atoms with van der Waals surface area (Å²) < 4.78 is 21.5. The van der Waals surface area contributed by atoms with E-state index >= 15 is 0 Å². The van der Waals surface area contributed by atoms with E-state index in [2.05, 4.69) is 16.0 Å². The molecule has 0 bridgehead atoms. The van der Waals surface area contributed by atoms with Crippen molar-refractivity contribution in [2.45, 2.75) is 178 Å². The number of carbonyl (C=O) groups excluding carboxylic acids is 10. The molecule has 0 aromatic heterocycles. The fourth-order valence-electron chi connectivity index (χ4n) is 10.4. The van der Waals surface area contributed by atoms with Crippen LogP contribution in [0.3, 0.4) is 0 Å². The summed E-state index contributed by atoms with van der Waals surface area (Å²) in [5.41, 5.74) is 6.37. The Labute approximate surface area is 456 Å². The molecule has 4 aliphatic heterocycles. The van der Waals surface area contributed by atoms with Gasteiger partial charge in [0.05, 0.1) is 7.11 Å². The van der Waals surface area contributed by atoms with E-state index in [4.69, 9.17) is 24.7 Å². The number of hydrogen-bond donors (Lipinski definition) is 4. The molecule has 4 heterocycles. The number of nitrogens with one attached hydrogen (secondary N) is 3. The van der Waals surface area contributed by atoms with Crippen LogP contribution in [0.4, 0.5) is 4.79 Å². The van der Waals surface area contributed by atoms with Gasteiger partial charge in [-0.15, -0.1) is 0 Å². The lowest BCUT2D eigenvalue weighted by molar-refractivity contribution is -0.150. The van der Waals surface area contributed by atoms with Crippen LogP contribution in [0, 0.1) is 0 Å². The largest absolute Gasteiger partial charge is 0.467 e. The van der Waals surface area contributed by atoms with Crippen molar-refractivity contribution in [1.82, 2.24) is 35.6 Å². The average Bonchev–Trinajstić information content (AvgIpc) is 4.33. The molecule has 22 heteroatoms. The number of carbonyl (C=O) groups is 10. The van der Waals surface area contributed by atoms with Crippen LogP contribution >= 0.6 is 0 Å². The Kier molecular flexibility index (Phi) is 22.4. The number of unbranched alkanes of at least 4 members (excludes halogenated alkanes) is 1. The second-order valence-electron chi connectivity index (χ2n) is 21.3. The summed E-state index contributed by atoms with van der Waals surface area (Å²) in [6.45, 7) is 6.36. The Morgan fingerprint density at radius 3 is 1.50 bits per heavy atom. The molecule has 426 valence electrons. The number of amides is 7. The second kappa shape index (κ2) is 29.0. The summed E-state index contributed by atoms with van der Waals surface area (Å²) >= 11 is 0. The van der Waals surface area contributed by atoms with Crippen LogP contribution < -0.4 is 21.7 Å². The summed E-state index contributed by atoms with van der Waals surface area (Å²) in [7, 11) is 1.19. The Morgan fingerprint density at radius 1 is 0.564 bits per heavy atom. The zero-order chi connectivity index (χ0) is 56.4. The highest BCUT2D eigenvalue weighted by molar-refractivity contribution is 5.98. The highest BCUT2D eigenvalue weighted by Crippen LogP contribution is 2.29. The van der Waals surface area contributed by atoms with Crippen LogP contribution in [0.2, 0.25) is 0 Å². The highest BCUT2D eigenvalue weighted by atomic mass is 16.6. The normalized spacial score (nSPS) is 20.3. The van der Waals surface area contributed by atoms with Crippen LogP contribution in [0.15, 0.2) is 60.7 Å². The molecule has 7 atom stereocenters. The van der Waals surface area contributed by atoms with E-state index in [9.17, 15) is 47.9 Å². The van der Waals surface area contributed by atoms with Crippen LogP contribution in [0.1, 0.15) is 128 Å². The van der Waals surface area contributed by atoms with Gasteiger partial charge in [-0.3, -0.25) is 43.3 Å². The molecule has 78 heavy (non-hydrogen) atoms.